The predicted octanol–water partition coefficient (Wildman–Crippen LogP) is 4.25. The second-order valence-electron chi connectivity index (χ2n) is 6.21. The minimum Gasteiger partial charge on any atom is -0.321 e. The zero-order valence-corrected chi connectivity index (χ0v) is 15.1. The summed E-state index contributed by atoms with van der Waals surface area (Å²) in [6.45, 7) is 1.29. The molecule has 3 N–H and O–H groups in total. The Morgan fingerprint density at radius 1 is 0.719 bits per heavy atom. The SMILES string of the molecule is Cc1cccc(NC(=O)C(F)(F)C(F)(F)C(F)(F)C(F)(F)C(F)(F)C(F)(F)C(=O)NO)c1. The number of aryl methyl sites for hydroxylation is 1. The van der Waals surface area contributed by atoms with E-state index in [9.17, 15) is 62.3 Å². The lowest BCUT2D eigenvalue weighted by atomic mass is 9.90. The number of carbonyl (C=O) groups excluding carboxylic acids is 2. The highest BCUT2D eigenvalue weighted by atomic mass is 19.4. The van der Waals surface area contributed by atoms with Gasteiger partial charge in [0.05, 0.1) is 0 Å². The van der Waals surface area contributed by atoms with Crippen LogP contribution in [0.3, 0.4) is 0 Å². The van der Waals surface area contributed by atoms with E-state index >= 15 is 0 Å². The fourth-order valence-corrected chi connectivity index (χ4v) is 2.08. The number of alkyl halides is 12. The highest BCUT2D eigenvalue weighted by Gasteiger charge is 2.92. The molecule has 0 saturated heterocycles. The number of nitrogens with one attached hydrogen (secondary N) is 2. The average molecular weight is 494 g/mol. The van der Waals surface area contributed by atoms with E-state index in [2.05, 4.69) is 0 Å². The van der Waals surface area contributed by atoms with Gasteiger partial charge in [0.2, 0.25) is 0 Å². The van der Waals surface area contributed by atoms with Gasteiger partial charge in [-0.2, -0.15) is 52.7 Å². The monoisotopic (exact) mass is 494 g/mol. The Morgan fingerprint density at radius 3 is 1.50 bits per heavy atom. The van der Waals surface area contributed by atoms with Crippen molar-refractivity contribution in [3.63, 3.8) is 0 Å². The molecule has 32 heavy (non-hydrogen) atoms. The molecule has 1 aromatic carbocycles. The van der Waals surface area contributed by atoms with Crippen molar-refractivity contribution in [3.8, 4) is 0 Å². The Bertz CT molecular complexity index is 888. The van der Waals surface area contributed by atoms with Gasteiger partial charge in [-0.3, -0.25) is 14.8 Å². The van der Waals surface area contributed by atoms with Crippen LogP contribution in [0, 0.1) is 6.92 Å². The number of hydrogen-bond donors (Lipinski definition) is 3. The first-order valence-electron chi connectivity index (χ1n) is 7.72. The number of hydroxylamine groups is 1. The molecule has 0 unspecified atom stereocenters. The number of benzene rings is 1. The maximum atomic E-state index is 13.8. The van der Waals surface area contributed by atoms with Crippen LogP contribution in [0.2, 0.25) is 0 Å². The van der Waals surface area contributed by atoms with Crippen LogP contribution >= 0.6 is 0 Å². The Balaban J connectivity index is 3.47. The van der Waals surface area contributed by atoms with Gasteiger partial charge in [-0.05, 0) is 24.6 Å². The van der Waals surface area contributed by atoms with Crippen molar-refractivity contribution in [2.45, 2.75) is 42.5 Å². The normalized spacial score (nSPS) is 14.2. The summed E-state index contributed by atoms with van der Waals surface area (Å²) in [5.41, 5.74) is -0.811. The summed E-state index contributed by atoms with van der Waals surface area (Å²) in [6.07, 6.45) is 0. The number of carbonyl (C=O) groups is 2. The molecule has 0 aliphatic heterocycles. The van der Waals surface area contributed by atoms with E-state index in [0.717, 1.165) is 23.5 Å². The van der Waals surface area contributed by atoms with Crippen molar-refractivity contribution in [3.05, 3.63) is 29.8 Å². The number of amides is 2. The van der Waals surface area contributed by atoms with Crippen LogP contribution in [-0.2, 0) is 9.59 Å². The van der Waals surface area contributed by atoms with Gasteiger partial charge in [0.15, 0.2) is 0 Å². The minimum absolute atomic E-state index is 0.207. The van der Waals surface area contributed by atoms with Gasteiger partial charge in [0.1, 0.15) is 0 Å². The molecule has 0 aromatic heterocycles. The summed E-state index contributed by atoms with van der Waals surface area (Å²) in [5.74, 6) is -52.5. The van der Waals surface area contributed by atoms with Crippen molar-refractivity contribution in [2.24, 2.45) is 0 Å². The molecule has 0 atom stereocenters. The van der Waals surface area contributed by atoms with E-state index in [1.807, 2.05) is 0 Å². The summed E-state index contributed by atoms with van der Waals surface area (Å²) in [6, 6.07) is 3.95. The number of halogens is 12. The van der Waals surface area contributed by atoms with Gasteiger partial charge in [-0.15, -0.1) is 0 Å². The molecule has 0 fully saturated rings. The zero-order chi connectivity index (χ0) is 25.6. The molecule has 0 aliphatic rings. The Kier molecular flexibility index (Phi) is 6.83. The van der Waals surface area contributed by atoms with E-state index in [4.69, 9.17) is 5.21 Å². The highest BCUT2D eigenvalue weighted by molar-refractivity contribution is 5.97. The maximum absolute atomic E-state index is 13.8. The lowest BCUT2D eigenvalue weighted by Gasteiger charge is -2.40. The van der Waals surface area contributed by atoms with Crippen LogP contribution in [0.15, 0.2) is 24.3 Å². The van der Waals surface area contributed by atoms with Crippen LogP contribution in [0.5, 0.6) is 0 Å². The number of rotatable bonds is 8. The molecular weight excluding hydrogens is 484 g/mol. The molecule has 2 amide bonds. The third-order valence-electron chi connectivity index (χ3n) is 3.92. The summed E-state index contributed by atoms with van der Waals surface area (Å²) >= 11 is 0. The third kappa shape index (κ3) is 3.81. The molecule has 1 rings (SSSR count). The van der Waals surface area contributed by atoms with E-state index in [1.54, 1.807) is 0 Å². The molecule has 17 heteroatoms. The predicted molar refractivity (Wildman–Crippen MR) is 79.4 cm³/mol. The van der Waals surface area contributed by atoms with Gasteiger partial charge in [-0.25, -0.2) is 5.48 Å². The van der Waals surface area contributed by atoms with E-state index < -0.39 is 53.0 Å². The summed E-state index contributed by atoms with van der Waals surface area (Å²) in [5, 5.41) is 8.83. The van der Waals surface area contributed by atoms with Crippen LogP contribution < -0.4 is 10.8 Å². The molecule has 1 aromatic rings. The van der Waals surface area contributed by atoms with Gasteiger partial charge in [-0.1, -0.05) is 12.1 Å². The molecule has 0 bridgehead atoms. The highest BCUT2D eigenvalue weighted by Crippen LogP contribution is 2.60. The summed E-state index contributed by atoms with van der Waals surface area (Å²) in [7, 11) is 0. The largest absolute Gasteiger partial charge is 0.394 e. The molecule has 5 nitrogen and oxygen atoms in total. The molecule has 0 radical (unpaired) electrons. The van der Waals surface area contributed by atoms with Crippen molar-refractivity contribution >= 4 is 17.5 Å². The van der Waals surface area contributed by atoms with E-state index in [0.29, 0.717) is 0 Å². The Hall–Kier alpha value is -2.72. The second kappa shape index (κ2) is 8.00. The maximum Gasteiger partial charge on any atom is 0.394 e. The lowest BCUT2D eigenvalue weighted by Crippen LogP contribution is -2.73. The summed E-state index contributed by atoms with van der Waals surface area (Å²) in [4.78, 5) is 21.9. The minimum atomic E-state index is -8.06. The molecule has 182 valence electrons. The first-order chi connectivity index (χ1) is 14.1. The van der Waals surface area contributed by atoms with E-state index in [1.165, 1.54) is 13.0 Å². The van der Waals surface area contributed by atoms with Crippen LogP contribution in [0.4, 0.5) is 58.4 Å². The van der Waals surface area contributed by atoms with Crippen LogP contribution in [0.25, 0.3) is 0 Å². The van der Waals surface area contributed by atoms with Gasteiger partial charge < -0.3 is 5.32 Å². The van der Waals surface area contributed by atoms with Gasteiger partial charge >= 0.3 is 47.3 Å². The standard InChI is InChI=1S/C15H10F12N2O3/c1-6-3-2-4-7(5-6)28-8(30)10(16,17)12(20,21)14(24,25)15(26,27)13(22,23)11(18,19)9(31)29-32/h2-5,32H,1H3,(H,28,30)(H,29,31). The smallest absolute Gasteiger partial charge is 0.321 e. The van der Waals surface area contributed by atoms with Gasteiger partial charge in [0, 0.05) is 5.69 Å². The quantitative estimate of drug-likeness (QED) is 0.287. The Morgan fingerprint density at radius 2 is 1.12 bits per heavy atom. The molecular formula is C15H10F12N2O3. The van der Waals surface area contributed by atoms with E-state index in [-0.39, 0.29) is 11.0 Å². The van der Waals surface area contributed by atoms with Crippen molar-refractivity contribution < 1.29 is 67.5 Å². The second-order valence-corrected chi connectivity index (χ2v) is 6.21. The first kappa shape index (κ1) is 27.3. The number of hydrogen-bond acceptors (Lipinski definition) is 3. The Labute approximate surface area is 169 Å². The van der Waals surface area contributed by atoms with Crippen molar-refractivity contribution in [1.82, 2.24) is 5.48 Å². The van der Waals surface area contributed by atoms with Crippen molar-refractivity contribution in [2.75, 3.05) is 5.32 Å². The fraction of sp³-hybridized carbons (Fsp3) is 0.467. The first-order valence-corrected chi connectivity index (χ1v) is 7.72. The molecule has 0 heterocycles. The molecule has 0 spiro atoms. The van der Waals surface area contributed by atoms with Crippen LogP contribution in [0.1, 0.15) is 5.56 Å². The lowest BCUT2D eigenvalue weighted by molar-refractivity contribution is -0.415. The fourth-order valence-electron chi connectivity index (χ4n) is 2.08. The molecule has 0 aliphatic carbocycles. The zero-order valence-electron chi connectivity index (χ0n) is 15.1. The topological polar surface area (TPSA) is 78.4 Å². The van der Waals surface area contributed by atoms with Crippen molar-refractivity contribution in [1.29, 1.82) is 0 Å². The molecule has 0 saturated carbocycles. The number of anilines is 1. The average Bonchev–Trinajstić information content (AvgIpc) is 2.66. The van der Waals surface area contributed by atoms with Gasteiger partial charge in [0.25, 0.3) is 0 Å². The van der Waals surface area contributed by atoms with Crippen LogP contribution in [-0.4, -0.2) is 52.6 Å². The summed E-state index contributed by atoms with van der Waals surface area (Å²) < 4.78 is 163. The third-order valence-corrected chi connectivity index (χ3v) is 3.92.